The van der Waals surface area contributed by atoms with Crippen LogP contribution in [-0.2, 0) is 6.61 Å². The minimum Gasteiger partial charge on any atom is -0.489 e. The fourth-order valence-corrected chi connectivity index (χ4v) is 3.14. The van der Waals surface area contributed by atoms with Gasteiger partial charge in [-0.05, 0) is 24.3 Å². The molecule has 3 aromatic rings. The van der Waals surface area contributed by atoms with Gasteiger partial charge in [-0.15, -0.1) is 0 Å². The number of carbonyl (C=O) groups excluding carboxylic acids is 2. The Morgan fingerprint density at radius 3 is 2.29 bits per heavy atom. The predicted octanol–water partition coefficient (Wildman–Crippen LogP) is 3.05. The van der Waals surface area contributed by atoms with Crippen LogP contribution in [0.25, 0.3) is 0 Å². The molecule has 0 saturated carbocycles. The van der Waals surface area contributed by atoms with Gasteiger partial charge >= 0.3 is 0 Å². The number of ether oxygens (including phenoxy) is 1. The molecule has 3 heterocycles. The number of para-hydroxylation sites is 1. The lowest BCUT2D eigenvalue weighted by molar-refractivity contribution is 0.0515. The van der Waals surface area contributed by atoms with Crippen LogP contribution in [0, 0.1) is 0 Å². The Kier molecular flexibility index (Phi) is 5.14. The first kappa shape index (κ1) is 17.9. The van der Waals surface area contributed by atoms with Crippen molar-refractivity contribution in [3.05, 3.63) is 78.1 Å². The maximum Gasteiger partial charge on any atom is 0.290 e. The topological polar surface area (TPSA) is 76.1 Å². The van der Waals surface area contributed by atoms with E-state index in [0.29, 0.717) is 37.3 Å². The van der Waals surface area contributed by atoms with E-state index in [-0.39, 0.29) is 24.2 Å². The van der Waals surface area contributed by atoms with E-state index in [9.17, 15) is 9.59 Å². The number of hydrogen-bond acceptors (Lipinski definition) is 5. The normalized spacial score (nSPS) is 14.1. The van der Waals surface area contributed by atoms with Crippen LogP contribution < -0.4 is 4.74 Å². The van der Waals surface area contributed by atoms with E-state index < -0.39 is 0 Å². The molecule has 144 valence electrons. The van der Waals surface area contributed by atoms with Crippen molar-refractivity contribution in [2.24, 2.45) is 0 Å². The first-order valence-electron chi connectivity index (χ1n) is 9.07. The molecule has 1 fully saturated rings. The second-order valence-corrected chi connectivity index (χ2v) is 6.47. The quantitative estimate of drug-likeness (QED) is 0.680. The number of amides is 2. The van der Waals surface area contributed by atoms with Crippen LogP contribution in [0.1, 0.15) is 26.5 Å². The van der Waals surface area contributed by atoms with Crippen LogP contribution in [0.15, 0.2) is 70.1 Å². The summed E-state index contributed by atoms with van der Waals surface area (Å²) < 4.78 is 16.1. The number of nitrogens with zero attached hydrogens (tertiary/aromatic N) is 2. The smallest absolute Gasteiger partial charge is 0.290 e. The van der Waals surface area contributed by atoms with Crippen LogP contribution in [0.2, 0.25) is 0 Å². The SMILES string of the molecule is O=C(c1ccoc1)N1CCN(C(=O)c2occc2COc2ccccc2)CC1. The molecule has 0 unspecified atom stereocenters. The maximum atomic E-state index is 12.9. The molecule has 0 aliphatic carbocycles. The van der Waals surface area contributed by atoms with E-state index in [1.54, 1.807) is 21.9 Å². The zero-order chi connectivity index (χ0) is 19.3. The lowest BCUT2D eigenvalue weighted by Crippen LogP contribution is -2.50. The van der Waals surface area contributed by atoms with E-state index in [0.717, 1.165) is 5.75 Å². The fraction of sp³-hybridized carbons (Fsp3) is 0.238. The van der Waals surface area contributed by atoms with Crippen molar-refractivity contribution in [2.45, 2.75) is 6.61 Å². The zero-order valence-corrected chi connectivity index (χ0v) is 15.2. The molecule has 0 radical (unpaired) electrons. The molecule has 1 aliphatic rings. The summed E-state index contributed by atoms with van der Waals surface area (Å²) >= 11 is 0. The van der Waals surface area contributed by atoms with Gasteiger partial charge in [-0.25, -0.2) is 0 Å². The van der Waals surface area contributed by atoms with Gasteiger partial charge in [0.1, 0.15) is 18.6 Å². The van der Waals surface area contributed by atoms with Crippen molar-refractivity contribution >= 4 is 11.8 Å². The van der Waals surface area contributed by atoms with Crippen molar-refractivity contribution in [1.82, 2.24) is 9.80 Å². The Morgan fingerprint density at radius 1 is 0.893 bits per heavy atom. The summed E-state index contributed by atoms with van der Waals surface area (Å²) in [6, 6.07) is 12.8. The summed E-state index contributed by atoms with van der Waals surface area (Å²) in [6.45, 7) is 2.07. The second kappa shape index (κ2) is 8.04. The number of hydrogen-bond donors (Lipinski definition) is 0. The molecule has 1 aromatic carbocycles. The van der Waals surface area contributed by atoms with Gasteiger partial charge in [-0.1, -0.05) is 18.2 Å². The minimum atomic E-state index is -0.188. The largest absolute Gasteiger partial charge is 0.489 e. The van der Waals surface area contributed by atoms with Gasteiger partial charge in [0, 0.05) is 31.7 Å². The van der Waals surface area contributed by atoms with Crippen LogP contribution in [-0.4, -0.2) is 47.8 Å². The standard InChI is InChI=1S/C21H20N2O5/c24-20(17-6-12-26-14-17)22-8-10-23(11-9-22)21(25)19-16(7-13-27-19)15-28-18-4-2-1-3-5-18/h1-7,12-14H,8-11,15H2. The highest BCUT2D eigenvalue weighted by atomic mass is 16.5. The Bertz CT molecular complexity index is 925. The molecule has 1 aliphatic heterocycles. The molecule has 0 bridgehead atoms. The lowest BCUT2D eigenvalue weighted by Gasteiger charge is -2.34. The van der Waals surface area contributed by atoms with Crippen LogP contribution >= 0.6 is 0 Å². The highest BCUT2D eigenvalue weighted by molar-refractivity contribution is 5.95. The Labute approximate surface area is 162 Å². The third-order valence-corrected chi connectivity index (χ3v) is 4.70. The number of carbonyl (C=O) groups is 2. The highest BCUT2D eigenvalue weighted by Gasteiger charge is 2.28. The summed E-state index contributed by atoms with van der Waals surface area (Å²) in [4.78, 5) is 28.6. The average Bonchev–Trinajstić information content (AvgIpc) is 3.44. The average molecular weight is 380 g/mol. The van der Waals surface area contributed by atoms with Crippen molar-refractivity contribution in [3.8, 4) is 5.75 Å². The van der Waals surface area contributed by atoms with Gasteiger partial charge < -0.3 is 23.4 Å². The first-order valence-corrected chi connectivity index (χ1v) is 9.07. The van der Waals surface area contributed by atoms with E-state index in [2.05, 4.69) is 0 Å². The molecule has 4 rings (SSSR count). The molecule has 7 heteroatoms. The third-order valence-electron chi connectivity index (χ3n) is 4.70. The lowest BCUT2D eigenvalue weighted by atomic mass is 10.2. The summed E-state index contributed by atoms with van der Waals surface area (Å²) in [5, 5.41) is 0. The number of rotatable bonds is 5. The molecular weight excluding hydrogens is 360 g/mol. The number of furan rings is 2. The van der Waals surface area contributed by atoms with Gasteiger partial charge in [0.05, 0.1) is 18.1 Å². The molecule has 28 heavy (non-hydrogen) atoms. The van der Waals surface area contributed by atoms with Crippen LogP contribution in [0.5, 0.6) is 5.75 Å². The van der Waals surface area contributed by atoms with Crippen molar-refractivity contribution in [2.75, 3.05) is 26.2 Å². The van der Waals surface area contributed by atoms with E-state index in [1.807, 2.05) is 30.3 Å². The van der Waals surface area contributed by atoms with E-state index in [4.69, 9.17) is 13.6 Å². The monoisotopic (exact) mass is 380 g/mol. The molecule has 0 atom stereocenters. The Morgan fingerprint density at radius 2 is 1.61 bits per heavy atom. The Hall–Kier alpha value is -3.48. The minimum absolute atomic E-state index is 0.0872. The molecular formula is C21H20N2O5. The second-order valence-electron chi connectivity index (χ2n) is 6.47. The Balaban J connectivity index is 1.36. The molecule has 0 spiro atoms. The first-order chi connectivity index (χ1) is 13.7. The van der Waals surface area contributed by atoms with Gasteiger partial charge in [-0.3, -0.25) is 9.59 Å². The molecule has 2 aromatic heterocycles. The molecule has 1 saturated heterocycles. The summed E-state index contributed by atoms with van der Waals surface area (Å²) in [5.41, 5.74) is 1.22. The predicted molar refractivity (Wildman–Crippen MR) is 100.0 cm³/mol. The van der Waals surface area contributed by atoms with Gasteiger partial charge in [0.2, 0.25) is 0 Å². The van der Waals surface area contributed by atoms with Gasteiger partial charge in [-0.2, -0.15) is 0 Å². The number of benzene rings is 1. The van der Waals surface area contributed by atoms with Gasteiger partial charge in [0.15, 0.2) is 5.76 Å². The van der Waals surface area contributed by atoms with Crippen molar-refractivity contribution in [3.63, 3.8) is 0 Å². The highest BCUT2D eigenvalue weighted by Crippen LogP contribution is 2.19. The molecule has 2 amide bonds. The van der Waals surface area contributed by atoms with Crippen molar-refractivity contribution < 1.29 is 23.2 Å². The van der Waals surface area contributed by atoms with Crippen LogP contribution in [0.4, 0.5) is 0 Å². The van der Waals surface area contributed by atoms with E-state index in [1.165, 1.54) is 18.8 Å². The third kappa shape index (κ3) is 3.78. The summed E-state index contributed by atoms with van der Waals surface area (Å²) in [5.74, 6) is 0.738. The van der Waals surface area contributed by atoms with Crippen molar-refractivity contribution in [1.29, 1.82) is 0 Å². The zero-order valence-electron chi connectivity index (χ0n) is 15.2. The van der Waals surface area contributed by atoms with Crippen LogP contribution in [0.3, 0.4) is 0 Å². The molecule has 0 N–H and O–H groups in total. The summed E-state index contributed by atoms with van der Waals surface area (Å²) in [7, 11) is 0. The van der Waals surface area contributed by atoms with E-state index >= 15 is 0 Å². The number of piperazine rings is 1. The fourth-order valence-electron chi connectivity index (χ4n) is 3.14. The summed E-state index contributed by atoms with van der Waals surface area (Å²) in [6.07, 6.45) is 4.40. The van der Waals surface area contributed by atoms with Gasteiger partial charge in [0.25, 0.3) is 11.8 Å². The maximum absolute atomic E-state index is 12.9. The molecule has 7 nitrogen and oxygen atoms in total.